The Balaban J connectivity index is 0.00000133. The molecule has 0 spiro atoms. The summed E-state index contributed by atoms with van der Waals surface area (Å²) >= 11 is 1.63. The van der Waals surface area contributed by atoms with Gasteiger partial charge in [-0.1, -0.05) is 20.8 Å². The Labute approximate surface area is 126 Å². The fraction of sp³-hybridized carbons (Fsp3) is 0.786. The molecule has 2 bridgehead atoms. The third-order valence-corrected chi connectivity index (χ3v) is 5.26. The van der Waals surface area contributed by atoms with Crippen molar-refractivity contribution in [2.75, 3.05) is 12.3 Å². The van der Waals surface area contributed by atoms with Crippen LogP contribution in [-0.2, 0) is 6.54 Å². The predicted molar refractivity (Wildman–Crippen MR) is 83.7 cm³/mol. The molecule has 2 fully saturated rings. The first kappa shape index (κ1) is 15.1. The van der Waals surface area contributed by atoms with Gasteiger partial charge in [-0.05, 0) is 30.1 Å². The fourth-order valence-corrected chi connectivity index (χ4v) is 5.07. The second-order valence-corrected chi connectivity index (χ2v) is 8.43. The van der Waals surface area contributed by atoms with Crippen molar-refractivity contribution in [2.24, 2.45) is 10.8 Å². The van der Waals surface area contributed by atoms with Gasteiger partial charge in [0, 0.05) is 30.2 Å². The van der Waals surface area contributed by atoms with E-state index >= 15 is 0 Å². The van der Waals surface area contributed by atoms with E-state index in [4.69, 9.17) is 5.73 Å². The van der Waals surface area contributed by atoms with E-state index in [1.54, 1.807) is 11.3 Å². The Hall–Kier alpha value is -0.320. The monoisotopic (exact) mass is 301 g/mol. The van der Waals surface area contributed by atoms with Gasteiger partial charge in [0.05, 0.1) is 0 Å². The second kappa shape index (κ2) is 4.90. The van der Waals surface area contributed by atoms with Crippen molar-refractivity contribution in [1.29, 1.82) is 0 Å². The highest BCUT2D eigenvalue weighted by Crippen LogP contribution is 2.52. The van der Waals surface area contributed by atoms with Crippen LogP contribution < -0.4 is 5.73 Å². The standard InChI is InChI=1S/C14H23N3S.ClH/c1-13(2)4-10-5-14(3,8-13)9-17(10)7-11-6-16-12(15)18-11;/h6,10H,4-5,7-9H2,1-3H3,(H2,15,16);1H. The van der Waals surface area contributed by atoms with Crippen molar-refractivity contribution in [2.45, 2.75) is 52.6 Å². The molecule has 3 nitrogen and oxygen atoms in total. The van der Waals surface area contributed by atoms with Crippen LogP contribution in [0.4, 0.5) is 5.13 Å². The molecule has 3 rings (SSSR count). The zero-order valence-corrected chi connectivity index (χ0v) is 13.6. The number of rotatable bonds is 2. The molecule has 1 aliphatic heterocycles. The Morgan fingerprint density at radius 1 is 1.42 bits per heavy atom. The molecule has 108 valence electrons. The van der Waals surface area contributed by atoms with Crippen molar-refractivity contribution in [3.63, 3.8) is 0 Å². The number of hydrogen-bond donors (Lipinski definition) is 1. The predicted octanol–water partition coefficient (Wildman–Crippen LogP) is 3.55. The summed E-state index contributed by atoms with van der Waals surface area (Å²) in [4.78, 5) is 8.12. The molecular formula is C14H24ClN3S. The summed E-state index contributed by atoms with van der Waals surface area (Å²) < 4.78 is 0. The molecule has 2 heterocycles. The number of thiazole rings is 1. The highest BCUT2D eigenvalue weighted by molar-refractivity contribution is 7.15. The zero-order valence-electron chi connectivity index (χ0n) is 12.0. The third-order valence-electron chi connectivity index (χ3n) is 4.45. The molecule has 2 aliphatic rings. The summed E-state index contributed by atoms with van der Waals surface area (Å²) in [6, 6.07) is 0.752. The van der Waals surface area contributed by atoms with Gasteiger partial charge in [-0.25, -0.2) is 4.98 Å². The van der Waals surface area contributed by atoms with E-state index in [0.29, 0.717) is 16.0 Å². The number of nitrogen functional groups attached to an aromatic ring is 1. The van der Waals surface area contributed by atoms with Gasteiger partial charge in [-0.2, -0.15) is 0 Å². The van der Waals surface area contributed by atoms with Crippen molar-refractivity contribution in [3.8, 4) is 0 Å². The SMILES string of the molecule is CC1(C)CC2CC(C)(CN2Cc2cnc(N)s2)C1.Cl. The summed E-state index contributed by atoms with van der Waals surface area (Å²) in [5.74, 6) is 0. The summed E-state index contributed by atoms with van der Waals surface area (Å²) in [5, 5.41) is 0.693. The molecule has 1 saturated carbocycles. The summed E-state index contributed by atoms with van der Waals surface area (Å²) in [7, 11) is 0. The summed E-state index contributed by atoms with van der Waals surface area (Å²) in [6.45, 7) is 9.57. The average molecular weight is 302 g/mol. The van der Waals surface area contributed by atoms with Crippen LogP contribution >= 0.6 is 23.7 Å². The molecule has 2 N–H and O–H groups in total. The maximum absolute atomic E-state index is 5.72. The number of aromatic nitrogens is 1. The second-order valence-electron chi connectivity index (χ2n) is 7.28. The molecule has 2 atom stereocenters. The number of halogens is 1. The maximum atomic E-state index is 5.72. The van der Waals surface area contributed by atoms with Crippen LogP contribution in [0.15, 0.2) is 6.20 Å². The molecule has 1 aliphatic carbocycles. The number of anilines is 1. The molecule has 1 saturated heterocycles. The lowest BCUT2D eigenvalue weighted by molar-refractivity contribution is 0.126. The van der Waals surface area contributed by atoms with Crippen LogP contribution in [0.2, 0.25) is 0 Å². The van der Waals surface area contributed by atoms with Crippen LogP contribution in [0, 0.1) is 10.8 Å². The first-order valence-electron chi connectivity index (χ1n) is 6.80. The van der Waals surface area contributed by atoms with Crippen LogP contribution in [0.1, 0.15) is 44.9 Å². The van der Waals surface area contributed by atoms with Gasteiger partial charge >= 0.3 is 0 Å². The van der Waals surface area contributed by atoms with Gasteiger partial charge in [0.1, 0.15) is 0 Å². The van der Waals surface area contributed by atoms with Crippen LogP contribution in [0.5, 0.6) is 0 Å². The minimum atomic E-state index is 0. The Bertz CT molecular complexity index is 459. The topological polar surface area (TPSA) is 42.2 Å². The normalized spacial score (nSPS) is 33.1. The van der Waals surface area contributed by atoms with E-state index in [9.17, 15) is 0 Å². The lowest BCUT2D eigenvalue weighted by Crippen LogP contribution is -2.34. The Morgan fingerprint density at radius 3 is 2.79 bits per heavy atom. The largest absolute Gasteiger partial charge is 0.375 e. The average Bonchev–Trinajstić information content (AvgIpc) is 2.68. The van der Waals surface area contributed by atoms with E-state index in [1.165, 1.54) is 30.7 Å². The number of nitrogens with two attached hydrogens (primary N) is 1. The van der Waals surface area contributed by atoms with E-state index in [0.717, 1.165) is 12.6 Å². The molecule has 5 heteroatoms. The van der Waals surface area contributed by atoms with Gasteiger partial charge in [0.15, 0.2) is 5.13 Å². The van der Waals surface area contributed by atoms with Crippen LogP contribution in [-0.4, -0.2) is 22.5 Å². The quantitative estimate of drug-likeness (QED) is 0.908. The molecule has 0 aromatic carbocycles. The van der Waals surface area contributed by atoms with Gasteiger partial charge in [-0.15, -0.1) is 23.7 Å². The van der Waals surface area contributed by atoms with Crippen LogP contribution in [0.3, 0.4) is 0 Å². The number of nitrogens with zero attached hydrogens (tertiary/aromatic N) is 2. The smallest absolute Gasteiger partial charge is 0.180 e. The summed E-state index contributed by atoms with van der Waals surface area (Å²) in [6.07, 6.45) is 6.00. The van der Waals surface area contributed by atoms with Crippen molar-refractivity contribution >= 4 is 28.9 Å². The van der Waals surface area contributed by atoms with E-state index in [1.807, 2.05) is 6.20 Å². The van der Waals surface area contributed by atoms with Crippen molar-refractivity contribution in [1.82, 2.24) is 9.88 Å². The van der Waals surface area contributed by atoms with Gasteiger partial charge in [0.2, 0.25) is 0 Å². The maximum Gasteiger partial charge on any atom is 0.180 e. The lowest BCUT2D eigenvalue weighted by atomic mass is 9.65. The first-order chi connectivity index (χ1) is 8.35. The van der Waals surface area contributed by atoms with E-state index in [2.05, 4.69) is 30.7 Å². The van der Waals surface area contributed by atoms with Crippen molar-refractivity contribution in [3.05, 3.63) is 11.1 Å². The lowest BCUT2D eigenvalue weighted by Gasteiger charge is -2.39. The highest BCUT2D eigenvalue weighted by Gasteiger charge is 2.49. The minimum Gasteiger partial charge on any atom is -0.375 e. The molecule has 1 aromatic heterocycles. The first-order valence-corrected chi connectivity index (χ1v) is 7.61. The van der Waals surface area contributed by atoms with Gasteiger partial charge in [0.25, 0.3) is 0 Å². The molecule has 0 amide bonds. The molecule has 19 heavy (non-hydrogen) atoms. The molecule has 0 radical (unpaired) electrons. The third kappa shape index (κ3) is 3.06. The Morgan fingerprint density at radius 2 is 2.16 bits per heavy atom. The minimum absolute atomic E-state index is 0. The number of hydrogen-bond acceptors (Lipinski definition) is 4. The summed E-state index contributed by atoms with van der Waals surface area (Å²) in [5.41, 5.74) is 6.73. The fourth-order valence-electron chi connectivity index (χ4n) is 4.36. The zero-order chi connectivity index (χ0) is 13.0. The van der Waals surface area contributed by atoms with Gasteiger partial charge in [-0.3, -0.25) is 4.90 Å². The Kier molecular flexibility index (Phi) is 3.89. The molecule has 1 aromatic rings. The van der Waals surface area contributed by atoms with Crippen LogP contribution in [0.25, 0.3) is 0 Å². The molecule has 2 unspecified atom stereocenters. The molecular weight excluding hydrogens is 278 g/mol. The highest BCUT2D eigenvalue weighted by atomic mass is 35.5. The number of likely N-dealkylation sites (tertiary alicyclic amines) is 1. The van der Waals surface area contributed by atoms with E-state index in [-0.39, 0.29) is 12.4 Å². The number of fused-ring (bicyclic) bond motifs is 2. The van der Waals surface area contributed by atoms with Crippen molar-refractivity contribution < 1.29 is 0 Å². The van der Waals surface area contributed by atoms with Gasteiger partial charge < -0.3 is 5.73 Å². The van der Waals surface area contributed by atoms with E-state index < -0.39 is 0 Å².